The molecular weight excluding hydrogens is 304 g/mol. The molecule has 0 radical (unpaired) electrons. The molecule has 0 aliphatic rings. The molecule has 0 aliphatic heterocycles. The molecule has 4 nitrogen and oxygen atoms in total. The molecule has 2 heterocycles. The second-order valence-electron chi connectivity index (χ2n) is 3.42. The zero-order chi connectivity index (χ0) is 12.4. The van der Waals surface area contributed by atoms with Crippen molar-refractivity contribution in [2.75, 3.05) is 5.32 Å². The highest BCUT2D eigenvalue weighted by Gasteiger charge is 2.11. The van der Waals surface area contributed by atoms with Gasteiger partial charge in [0.05, 0.1) is 5.69 Å². The van der Waals surface area contributed by atoms with Crippen LogP contribution in [0.15, 0.2) is 39.0 Å². The molecule has 0 saturated carbocycles. The van der Waals surface area contributed by atoms with E-state index in [1.807, 2.05) is 11.4 Å². The van der Waals surface area contributed by atoms with Gasteiger partial charge >= 0.3 is 0 Å². The molecule has 0 atom stereocenters. The Hall–Kier alpha value is -1.40. The summed E-state index contributed by atoms with van der Waals surface area (Å²) in [6.45, 7) is 0. The van der Waals surface area contributed by atoms with Gasteiger partial charge in [-0.05, 0) is 33.4 Å². The minimum Gasteiger partial charge on any atom is -0.320 e. The molecule has 0 spiro atoms. The Kier molecular flexibility index (Phi) is 3.44. The van der Waals surface area contributed by atoms with E-state index in [1.54, 1.807) is 19.3 Å². The van der Waals surface area contributed by atoms with Crippen LogP contribution in [0.1, 0.15) is 9.67 Å². The van der Waals surface area contributed by atoms with Crippen LogP contribution in [0.4, 0.5) is 5.69 Å². The Balaban J connectivity index is 2.22. The van der Waals surface area contributed by atoms with Crippen molar-refractivity contribution < 1.29 is 4.79 Å². The van der Waals surface area contributed by atoms with E-state index in [-0.39, 0.29) is 11.5 Å². The number of amides is 1. The van der Waals surface area contributed by atoms with Crippen LogP contribution in [-0.4, -0.2) is 10.5 Å². The number of aromatic nitrogens is 1. The van der Waals surface area contributed by atoms with E-state index in [9.17, 15) is 9.59 Å². The Labute approximate surface area is 110 Å². The standard InChI is InChI=1S/C11H9BrN2O2S/c1-14-6-7(2-3-9(14)15)13-11(16)10-8(12)4-5-17-10/h2-6H,1H3,(H,13,16). The zero-order valence-corrected chi connectivity index (χ0v) is 11.3. The van der Waals surface area contributed by atoms with Crippen molar-refractivity contribution >= 4 is 38.9 Å². The second-order valence-corrected chi connectivity index (χ2v) is 5.19. The Bertz CT molecular complexity index is 618. The SMILES string of the molecule is Cn1cc(NC(=O)c2sccc2Br)ccc1=O. The van der Waals surface area contributed by atoms with Crippen molar-refractivity contribution in [2.45, 2.75) is 0 Å². The highest BCUT2D eigenvalue weighted by atomic mass is 79.9. The first-order valence-corrected chi connectivity index (χ1v) is 6.46. The van der Waals surface area contributed by atoms with Crippen molar-refractivity contribution in [1.82, 2.24) is 4.57 Å². The summed E-state index contributed by atoms with van der Waals surface area (Å²) in [4.78, 5) is 23.7. The van der Waals surface area contributed by atoms with E-state index in [0.29, 0.717) is 10.6 Å². The predicted molar refractivity (Wildman–Crippen MR) is 71.7 cm³/mol. The first kappa shape index (κ1) is 12.1. The van der Waals surface area contributed by atoms with Gasteiger partial charge in [0.15, 0.2) is 0 Å². The Morgan fingerprint density at radius 3 is 2.76 bits per heavy atom. The summed E-state index contributed by atoms with van der Waals surface area (Å²) in [5, 5.41) is 4.57. The third-order valence-corrected chi connectivity index (χ3v) is 4.00. The van der Waals surface area contributed by atoms with Crippen LogP contribution in [0.25, 0.3) is 0 Å². The van der Waals surface area contributed by atoms with E-state index in [2.05, 4.69) is 21.2 Å². The topological polar surface area (TPSA) is 51.1 Å². The Morgan fingerprint density at radius 1 is 1.41 bits per heavy atom. The molecule has 0 unspecified atom stereocenters. The third kappa shape index (κ3) is 2.65. The number of hydrogen-bond donors (Lipinski definition) is 1. The van der Waals surface area contributed by atoms with Gasteiger partial charge in [-0.25, -0.2) is 0 Å². The number of nitrogens with one attached hydrogen (secondary N) is 1. The van der Waals surface area contributed by atoms with Crippen molar-refractivity contribution in [1.29, 1.82) is 0 Å². The lowest BCUT2D eigenvalue weighted by Gasteiger charge is -2.05. The average molecular weight is 313 g/mol. The number of nitrogens with zero attached hydrogens (tertiary/aromatic N) is 1. The summed E-state index contributed by atoms with van der Waals surface area (Å²) in [6, 6.07) is 4.82. The van der Waals surface area contributed by atoms with Crippen LogP contribution < -0.4 is 10.9 Å². The fourth-order valence-corrected chi connectivity index (χ4v) is 2.76. The molecule has 1 amide bonds. The summed E-state index contributed by atoms with van der Waals surface area (Å²) in [5.74, 6) is -0.189. The molecular formula is C11H9BrN2O2S. The highest BCUT2D eigenvalue weighted by Crippen LogP contribution is 2.23. The number of thiophene rings is 1. The van der Waals surface area contributed by atoms with Crippen molar-refractivity contribution in [3.05, 3.63) is 49.5 Å². The molecule has 1 N–H and O–H groups in total. The van der Waals surface area contributed by atoms with Crippen LogP contribution >= 0.6 is 27.3 Å². The highest BCUT2D eigenvalue weighted by molar-refractivity contribution is 9.10. The fraction of sp³-hybridized carbons (Fsp3) is 0.0909. The van der Waals surface area contributed by atoms with Crippen LogP contribution in [0.2, 0.25) is 0 Å². The van der Waals surface area contributed by atoms with Crippen molar-refractivity contribution in [3.8, 4) is 0 Å². The van der Waals surface area contributed by atoms with Crippen molar-refractivity contribution in [2.24, 2.45) is 7.05 Å². The predicted octanol–water partition coefficient (Wildman–Crippen LogP) is 2.46. The minimum atomic E-state index is -0.189. The lowest BCUT2D eigenvalue weighted by atomic mass is 10.3. The molecule has 0 saturated heterocycles. The molecule has 2 rings (SSSR count). The van der Waals surface area contributed by atoms with E-state index in [4.69, 9.17) is 0 Å². The maximum atomic E-state index is 11.9. The largest absolute Gasteiger partial charge is 0.320 e. The normalized spacial score (nSPS) is 10.2. The van der Waals surface area contributed by atoms with Gasteiger partial charge < -0.3 is 9.88 Å². The van der Waals surface area contributed by atoms with Crippen molar-refractivity contribution in [3.63, 3.8) is 0 Å². The van der Waals surface area contributed by atoms with Gasteiger partial charge in [-0.1, -0.05) is 0 Å². The minimum absolute atomic E-state index is 0.111. The number of carbonyl (C=O) groups excluding carboxylic acids is 1. The lowest BCUT2D eigenvalue weighted by molar-refractivity contribution is 0.103. The number of rotatable bonds is 2. The zero-order valence-electron chi connectivity index (χ0n) is 8.94. The maximum Gasteiger partial charge on any atom is 0.266 e. The van der Waals surface area contributed by atoms with Gasteiger partial charge in [0, 0.05) is 23.8 Å². The molecule has 17 heavy (non-hydrogen) atoms. The molecule has 88 valence electrons. The lowest BCUT2D eigenvalue weighted by Crippen LogP contribution is -2.17. The van der Waals surface area contributed by atoms with Gasteiger partial charge in [0.1, 0.15) is 4.88 Å². The van der Waals surface area contributed by atoms with E-state index in [1.165, 1.54) is 22.0 Å². The second kappa shape index (κ2) is 4.85. The molecule has 0 aromatic carbocycles. The van der Waals surface area contributed by atoms with Gasteiger partial charge in [-0.3, -0.25) is 9.59 Å². The molecule has 6 heteroatoms. The van der Waals surface area contributed by atoms with Gasteiger partial charge in [-0.15, -0.1) is 11.3 Å². The molecule has 0 aliphatic carbocycles. The monoisotopic (exact) mass is 312 g/mol. The maximum absolute atomic E-state index is 11.9. The smallest absolute Gasteiger partial charge is 0.266 e. The molecule has 0 fully saturated rings. The van der Waals surface area contributed by atoms with Gasteiger partial charge in [0.2, 0.25) is 5.56 Å². The summed E-state index contributed by atoms with van der Waals surface area (Å²) in [7, 11) is 1.64. The van der Waals surface area contributed by atoms with Crippen LogP contribution in [0, 0.1) is 0 Å². The third-order valence-electron chi connectivity index (χ3n) is 2.17. The first-order valence-electron chi connectivity index (χ1n) is 4.79. The molecule has 2 aromatic rings. The quantitative estimate of drug-likeness (QED) is 0.926. The molecule has 0 bridgehead atoms. The summed E-state index contributed by atoms with van der Waals surface area (Å²) < 4.78 is 2.18. The average Bonchev–Trinajstić information content (AvgIpc) is 2.70. The van der Waals surface area contributed by atoms with Crippen LogP contribution in [-0.2, 0) is 7.05 Å². The molecule has 2 aromatic heterocycles. The summed E-state index contributed by atoms with van der Waals surface area (Å²) in [6.07, 6.45) is 1.59. The summed E-state index contributed by atoms with van der Waals surface area (Å²) in [5.41, 5.74) is 0.484. The van der Waals surface area contributed by atoms with E-state index < -0.39 is 0 Å². The number of halogens is 1. The number of pyridine rings is 1. The number of hydrogen-bond acceptors (Lipinski definition) is 3. The summed E-state index contributed by atoms with van der Waals surface area (Å²) >= 11 is 4.66. The first-order chi connectivity index (χ1) is 8.08. The van der Waals surface area contributed by atoms with E-state index in [0.717, 1.165) is 4.47 Å². The van der Waals surface area contributed by atoms with Crippen LogP contribution in [0.3, 0.4) is 0 Å². The number of anilines is 1. The van der Waals surface area contributed by atoms with Gasteiger partial charge in [0.25, 0.3) is 5.91 Å². The van der Waals surface area contributed by atoms with E-state index >= 15 is 0 Å². The number of aryl methyl sites for hydroxylation is 1. The fourth-order valence-electron chi connectivity index (χ4n) is 1.31. The van der Waals surface area contributed by atoms with Crippen LogP contribution in [0.5, 0.6) is 0 Å². The number of carbonyl (C=O) groups is 1. The Morgan fingerprint density at radius 2 is 2.18 bits per heavy atom. The van der Waals surface area contributed by atoms with Gasteiger partial charge in [-0.2, -0.15) is 0 Å².